The minimum absolute atomic E-state index is 0.0506. The highest BCUT2D eigenvalue weighted by molar-refractivity contribution is 5.77. The predicted octanol–water partition coefficient (Wildman–Crippen LogP) is 0.747. The van der Waals surface area contributed by atoms with Crippen LogP contribution in [0.3, 0.4) is 0 Å². The van der Waals surface area contributed by atoms with Crippen LogP contribution in [0.4, 0.5) is 0 Å². The van der Waals surface area contributed by atoms with Crippen LogP contribution in [-0.2, 0) is 11.3 Å². The molecule has 1 aromatic heterocycles. The molecule has 6 nitrogen and oxygen atoms in total. The molecule has 0 saturated carbocycles. The number of ether oxygens (including phenoxy) is 1. The van der Waals surface area contributed by atoms with E-state index in [0.29, 0.717) is 18.8 Å². The third-order valence-electron chi connectivity index (χ3n) is 2.86. The molecule has 0 radical (unpaired) electrons. The van der Waals surface area contributed by atoms with E-state index in [9.17, 15) is 9.59 Å². The molecule has 1 heterocycles. The Morgan fingerprint density at radius 2 is 2.05 bits per heavy atom. The first-order chi connectivity index (χ1) is 10.1. The van der Waals surface area contributed by atoms with Crippen molar-refractivity contribution in [3.05, 3.63) is 58.8 Å². The fourth-order valence-corrected chi connectivity index (χ4v) is 1.70. The fourth-order valence-electron chi connectivity index (χ4n) is 1.70. The quantitative estimate of drug-likeness (QED) is 0.851. The standard InChI is InChI=1S/C15H17N3O3/c1-12-2-4-13(5-3-12)21-10-14(19)17-8-9-18-11-16-7-6-15(18)20/h2-7,11H,8-10H2,1H3,(H,17,19). The number of carbonyl (C=O) groups is 1. The summed E-state index contributed by atoms with van der Waals surface area (Å²) in [5.41, 5.74) is 0.990. The zero-order valence-corrected chi connectivity index (χ0v) is 11.8. The van der Waals surface area contributed by atoms with Gasteiger partial charge in [0.05, 0.1) is 6.33 Å². The highest BCUT2D eigenvalue weighted by atomic mass is 16.5. The van der Waals surface area contributed by atoms with E-state index in [2.05, 4.69) is 10.3 Å². The molecule has 0 unspecified atom stereocenters. The molecule has 0 atom stereocenters. The Balaban J connectivity index is 1.71. The van der Waals surface area contributed by atoms with Crippen molar-refractivity contribution in [3.63, 3.8) is 0 Å². The number of hydrogen-bond donors (Lipinski definition) is 1. The Kier molecular flexibility index (Phi) is 5.09. The van der Waals surface area contributed by atoms with E-state index in [1.165, 1.54) is 23.2 Å². The maximum atomic E-state index is 11.6. The average Bonchev–Trinajstić information content (AvgIpc) is 2.49. The third-order valence-corrected chi connectivity index (χ3v) is 2.86. The summed E-state index contributed by atoms with van der Waals surface area (Å²) in [4.78, 5) is 26.9. The second-order valence-electron chi connectivity index (χ2n) is 4.56. The highest BCUT2D eigenvalue weighted by Gasteiger charge is 2.02. The first-order valence-electron chi connectivity index (χ1n) is 6.62. The number of nitrogens with zero attached hydrogens (tertiary/aromatic N) is 2. The first-order valence-corrected chi connectivity index (χ1v) is 6.62. The van der Waals surface area contributed by atoms with Gasteiger partial charge in [-0.05, 0) is 19.1 Å². The van der Waals surface area contributed by atoms with Crippen molar-refractivity contribution >= 4 is 5.91 Å². The summed E-state index contributed by atoms with van der Waals surface area (Å²) in [6.07, 6.45) is 2.88. The van der Waals surface area contributed by atoms with Crippen molar-refractivity contribution in [1.82, 2.24) is 14.9 Å². The minimum Gasteiger partial charge on any atom is -0.484 e. The molecule has 0 spiro atoms. The largest absolute Gasteiger partial charge is 0.484 e. The van der Waals surface area contributed by atoms with Gasteiger partial charge in [-0.25, -0.2) is 4.98 Å². The van der Waals surface area contributed by atoms with Gasteiger partial charge in [-0.1, -0.05) is 17.7 Å². The summed E-state index contributed by atoms with van der Waals surface area (Å²) in [6.45, 7) is 2.66. The number of benzene rings is 1. The predicted molar refractivity (Wildman–Crippen MR) is 78.2 cm³/mol. The molecule has 1 N–H and O–H groups in total. The van der Waals surface area contributed by atoms with Gasteiger partial charge in [0.2, 0.25) is 0 Å². The molecule has 1 amide bonds. The van der Waals surface area contributed by atoms with Crippen LogP contribution in [0.25, 0.3) is 0 Å². The summed E-state index contributed by atoms with van der Waals surface area (Å²) >= 11 is 0. The number of aryl methyl sites for hydroxylation is 1. The molecule has 0 saturated heterocycles. The van der Waals surface area contributed by atoms with Crippen molar-refractivity contribution in [1.29, 1.82) is 0 Å². The van der Waals surface area contributed by atoms with E-state index in [4.69, 9.17) is 4.74 Å². The van der Waals surface area contributed by atoms with Gasteiger partial charge in [0, 0.05) is 25.4 Å². The van der Waals surface area contributed by atoms with E-state index in [1.54, 1.807) is 0 Å². The van der Waals surface area contributed by atoms with Gasteiger partial charge in [-0.3, -0.25) is 14.2 Å². The van der Waals surface area contributed by atoms with Gasteiger partial charge in [0.1, 0.15) is 5.75 Å². The van der Waals surface area contributed by atoms with Gasteiger partial charge in [0.15, 0.2) is 6.61 Å². The van der Waals surface area contributed by atoms with Crippen LogP contribution in [0.5, 0.6) is 5.75 Å². The van der Waals surface area contributed by atoms with Gasteiger partial charge in [-0.2, -0.15) is 0 Å². The number of aromatic nitrogens is 2. The molecule has 21 heavy (non-hydrogen) atoms. The second kappa shape index (κ2) is 7.23. The summed E-state index contributed by atoms with van der Waals surface area (Å²) in [5, 5.41) is 2.69. The van der Waals surface area contributed by atoms with E-state index < -0.39 is 0 Å². The fraction of sp³-hybridized carbons (Fsp3) is 0.267. The summed E-state index contributed by atoms with van der Waals surface area (Å²) < 4.78 is 6.79. The SMILES string of the molecule is Cc1ccc(OCC(=O)NCCn2cnccc2=O)cc1. The van der Waals surface area contributed by atoms with Crippen LogP contribution in [0.15, 0.2) is 47.7 Å². The molecule has 0 aliphatic carbocycles. The topological polar surface area (TPSA) is 73.2 Å². The zero-order valence-electron chi connectivity index (χ0n) is 11.8. The summed E-state index contributed by atoms with van der Waals surface area (Å²) in [5.74, 6) is 0.423. The Morgan fingerprint density at radius 3 is 2.76 bits per heavy atom. The van der Waals surface area contributed by atoms with Crippen LogP contribution in [-0.4, -0.2) is 28.6 Å². The molecule has 2 rings (SSSR count). The van der Waals surface area contributed by atoms with Crippen LogP contribution >= 0.6 is 0 Å². The van der Waals surface area contributed by atoms with Gasteiger partial charge in [0.25, 0.3) is 11.5 Å². The van der Waals surface area contributed by atoms with Crippen LogP contribution in [0, 0.1) is 6.92 Å². The smallest absolute Gasteiger partial charge is 0.258 e. The van der Waals surface area contributed by atoms with Crippen molar-refractivity contribution in [2.24, 2.45) is 0 Å². The molecule has 6 heteroatoms. The number of nitrogens with one attached hydrogen (secondary N) is 1. The molecule has 0 aliphatic rings. The summed E-state index contributed by atoms with van der Waals surface area (Å²) in [7, 11) is 0. The number of hydrogen-bond acceptors (Lipinski definition) is 4. The van der Waals surface area contributed by atoms with Crippen LogP contribution in [0.2, 0.25) is 0 Å². The van der Waals surface area contributed by atoms with Crippen LogP contribution in [0.1, 0.15) is 5.56 Å². The lowest BCUT2D eigenvalue weighted by Crippen LogP contribution is -2.33. The van der Waals surface area contributed by atoms with Crippen molar-refractivity contribution in [2.75, 3.05) is 13.2 Å². The zero-order chi connectivity index (χ0) is 15.1. The van der Waals surface area contributed by atoms with Crippen molar-refractivity contribution < 1.29 is 9.53 Å². The van der Waals surface area contributed by atoms with E-state index in [-0.39, 0.29) is 18.1 Å². The Labute approximate surface area is 122 Å². The first kappa shape index (κ1) is 14.8. The highest BCUT2D eigenvalue weighted by Crippen LogP contribution is 2.10. The Bertz CT molecular complexity index is 650. The molecule has 0 fully saturated rings. The second-order valence-corrected chi connectivity index (χ2v) is 4.56. The monoisotopic (exact) mass is 287 g/mol. The van der Waals surface area contributed by atoms with Crippen LogP contribution < -0.4 is 15.6 Å². The number of rotatable bonds is 6. The lowest BCUT2D eigenvalue weighted by molar-refractivity contribution is -0.123. The summed E-state index contributed by atoms with van der Waals surface area (Å²) in [6, 6.07) is 8.85. The molecule has 1 aromatic carbocycles. The molecular formula is C15H17N3O3. The van der Waals surface area contributed by atoms with Gasteiger partial charge in [-0.15, -0.1) is 0 Å². The maximum absolute atomic E-state index is 11.6. The Morgan fingerprint density at radius 1 is 1.29 bits per heavy atom. The number of amides is 1. The van der Waals surface area contributed by atoms with E-state index in [1.807, 2.05) is 31.2 Å². The normalized spacial score (nSPS) is 10.1. The third kappa shape index (κ3) is 4.76. The average molecular weight is 287 g/mol. The number of carbonyl (C=O) groups excluding carboxylic acids is 1. The molecule has 0 aliphatic heterocycles. The Hall–Kier alpha value is -2.63. The van der Waals surface area contributed by atoms with E-state index in [0.717, 1.165) is 5.56 Å². The molecular weight excluding hydrogens is 270 g/mol. The maximum Gasteiger partial charge on any atom is 0.258 e. The van der Waals surface area contributed by atoms with Crippen molar-refractivity contribution in [3.8, 4) is 5.75 Å². The van der Waals surface area contributed by atoms with E-state index >= 15 is 0 Å². The molecule has 110 valence electrons. The molecule has 2 aromatic rings. The minimum atomic E-state index is -0.229. The molecule has 0 bridgehead atoms. The lowest BCUT2D eigenvalue weighted by atomic mass is 10.2. The lowest BCUT2D eigenvalue weighted by Gasteiger charge is -2.08. The van der Waals surface area contributed by atoms with Gasteiger partial charge < -0.3 is 10.1 Å². The van der Waals surface area contributed by atoms with Crippen molar-refractivity contribution in [2.45, 2.75) is 13.5 Å². The van der Waals surface area contributed by atoms with Gasteiger partial charge >= 0.3 is 0 Å².